The van der Waals surface area contributed by atoms with Crippen LogP contribution in [0.4, 0.5) is 0 Å². The van der Waals surface area contributed by atoms with Crippen LogP contribution >= 0.6 is 34.2 Å². The number of ether oxygens (including phenoxy) is 1. The van der Waals surface area contributed by atoms with Gasteiger partial charge in [0.05, 0.1) is 18.3 Å². The molecule has 1 N–H and O–H groups in total. The van der Waals surface area contributed by atoms with Crippen LogP contribution in [0.3, 0.4) is 0 Å². The Morgan fingerprint density at radius 1 is 1.11 bits per heavy atom. The molecule has 0 radical (unpaired) electrons. The molecule has 1 aromatic carbocycles. The van der Waals surface area contributed by atoms with E-state index in [1.54, 1.807) is 4.68 Å². The zero-order valence-electron chi connectivity index (χ0n) is 21.3. The lowest BCUT2D eigenvalue weighted by Gasteiger charge is -2.42. The number of aryl methyl sites for hydroxylation is 1. The van der Waals surface area contributed by atoms with Gasteiger partial charge < -0.3 is 15.0 Å². The normalized spacial score (nSPS) is 25.0. The van der Waals surface area contributed by atoms with Gasteiger partial charge in [0.1, 0.15) is 5.69 Å². The maximum Gasteiger partial charge on any atom is 0.274 e. The van der Waals surface area contributed by atoms with E-state index in [2.05, 4.69) is 40.0 Å². The lowest BCUT2D eigenvalue weighted by Crippen LogP contribution is -2.64. The zero-order chi connectivity index (χ0) is 25.8. The first-order valence-electron chi connectivity index (χ1n) is 13.6. The molecular formula is C28H36ClIN4O3. The number of rotatable bonds is 7. The van der Waals surface area contributed by atoms with Crippen LogP contribution in [0, 0.1) is 0 Å². The van der Waals surface area contributed by atoms with Crippen LogP contribution in [-0.4, -0.2) is 61.2 Å². The molecule has 0 bridgehead atoms. The van der Waals surface area contributed by atoms with Crippen LogP contribution in [0.5, 0.6) is 0 Å². The Hall–Kier alpha value is -1.65. The second kappa shape index (κ2) is 12.0. The van der Waals surface area contributed by atoms with Crippen LogP contribution in [0.15, 0.2) is 30.3 Å². The third-order valence-electron chi connectivity index (χ3n) is 7.86. The number of halogens is 2. The molecule has 2 amide bonds. The van der Waals surface area contributed by atoms with Gasteiger partial charge in [0, 0.05) is 29.2 Å². The van der Waals surface area contributed by atoms with Crippen LogP contribution in [0.2, 0.25) is 0 Å². The van der Waals surface area contributed by atoms with E-state index in [9.17, 15) is 9.59 Å². The topological polar surface area (TPSA) is 76.5 Å². The second-order valence-electron chi connectivity index (χ2n) is 10.5. The summed E-state index contributed by atoms with van der Waals surface area (Å²) in [7, 11) is 0. The van der Waals surface area contributed by atoms with Gasteiger partial charge in [0.25, 0.3) is 11.8 Å². The number of benzene rings is 1. The summed E-state index contributed by atoms with van der Waals surface area (Å²) in [5.74, 6) is -0.582. The molecule has 1 saturated carbocycles. The van der Waals surface area contributed by atoms with E-state index in [0.717, 1.165) is 54.9 Å². The smallest absolute Gasteiger partial charge is 0.274 e. The lowest BCUT2D eigenvalue weighted by molar-refractivity contribution is -0.130. The summed E-state index contributed by atoms with van der Waals surface area (Å²) in [6.07, 6.45) is 10.4. The Kier molecular flexibility index (Phi) is 8.76. The zero-order valence-corrected chi connectivity index (χ0v) is 24.2. The Morgan fingerprint density at radius 3 is 2.51 bits per heavy atom. The summed E-state index contributed by atoms with van der Waals surface area (Å²) >= 11 is 9.55. The average molecular weight is 639 g/mol. The average Bonchev–Trinajstić information content (AvgIpc) is 3.54. The third-order valence-corrected chi connectivity index (χ3v) is 8.90. The highest BCUT2D eigenvalue weighted by molar-refractivity contribution is 14.1. The van der Waals surface area contributed by atoms with Crippen LogP contribution in [0.25, 0.3) is 11.3 Å². The van der Waals surface area contributed by atoms with Crippen LogP contribution < -0.4 is 5.32 Å². The molecule has 2 aliphatic heterocycles. The molecule has 0 spiro atoms. The van der Waals surface area contributed by atoms with E-state index < -0.39 is 5.00 Å². The number of hydrogen-bond donors (Lipinski definition) is 1. The van der Waals surface area contributed by atoms with E-state index >= 15 is 0 Å². The molecule has 2 atom stereocenters. The molecule has 1 saturated heterocycles. The predicted octanol–water partition coefficient (Wildman–Crippen LogP) is 5.33. The third kappa shape index (κ3) is 6.01. The van der Waals surface area contributed by atoms with Crippen molar-refractivity contribution in [3.63, 3.8) is 0 Å². The van der Waals surface area contributed by atoms with Gasteiger partial charge in [-0.05, 0) is 43.7 Å². The summed E-state index contributed by atoms with van der Waals surface area (Å²) in [4.78, 5) is 27.6. The molecule has 3 aliphatic rings. The van der Waals surface area contributed by atoms with Crippen molar-refractivity contribution < 1.29 is 14.3 Å². The van der Waals surface area contributed by atoms with Crippen LogP contribution in [0.1, 0.15) is 73.8 Å². The van der Waals surface area contributed by atoms with E-state index in [1.807, 2.05) is 18.2 Å². The number of nitrogens with zero attached hydrogens (tertiary/aromatic N) is 3. The maximum atomic E-state index is 13.8. The molecule has 200 valence electrons. The first-order chi connectivity index (χ1) is 18.0. The molecule has 5 rings (SSSR count). The number of alkyl halides is 2. The van der Waals surface area contributed by atoms with E-state index in [4.69, 9.17) is 21.4 Å². The fourth-order valence-corrected chi connectivity index (χ4v) is 6.63. The largest absolute Gasteiger partial charge is 0.376 e. The van der Waals surface area contributed by atoms with Gasteiger partial charge >= 0.3 is 0 Å². The lowest BCUT2D eigenvalue weighted by atomic mass is 9.96. The number of carbonyl (C=O) groups excluding carboxylic acids is 2. The van der Waals surface area contributed by atoms with Gasteiger partial charge in [-0.1, -0.05) is 90.6 Å². The van der Waals surface area contributed by atoms with Crippen molar-refractivity contribution in [2.75, 3.05) is 17.6 Å². The Balaban J connectivity index is 1.42. The van der Waals surface area contributed by atoms with Crippen molar-refractivity contribution in [3.05, 3.63) is 41.6 Å². The summed E-state index contributed by atoms with van der Waals surface area (Å²) in [6.45, 7) is 1.08. The van der Waals surface area contributed by atoms with E-state index in [1.165, 1.54) is 29.7 Å². The number of amides is 2. The Bertz CT molecular complexity index is 1090. The van der Waals surface area contributed by atoms with Gasteiger partial charge in [0.2, 0.25) is 5.00 Å². The fourth-order valence-electron chi connectivity index (χ4n) is 5.70. The van der Waals surface area contributed by atoms with E-state index in [0.29, 0.717) is 24.5 Å². The van der Waals surface area contributed by atoms with Gasteiger partial charge in [-0.3, -0.25) is 14.3 Å². The van der Waals surface area contributed by atoms with Crippen molar-refractivity contribution in [2.24, 2.45) is 0 Å². The van der Waals surface area contributed by atoms with Crippen molar-refractivity contribution in [3.8, 4) is 11.3 Å². The number of nitrogens with one attached hydrogen (secondary N) is 1. The Morgan fingerprint density at radius 2 is 1.84 bits per heavy atom. The molecule has 1 aromatic heterocycles. The molecule has 7 nitrogen and oxygen atoms in total. The molecule has 1 aliphatic carbocycles. The minimum Gasteiger partial charge on any atom is -0.376 e. The van der Waals surface area contributed by atoms with Crippen molar-refractivity contribution in [1.82, 2.24) is 20.0 Å². The minimum absolute atomic E-state index is 0.0822. The first kappa shape index (κ1) is 26.9. The summed E-state index contributed by atoms with van der Waals surface area (Å²) in [6, 6.07) is 10.2. The Labute approximate surface area is 237 Å². The van der Waals surface area contributed by atoms with Crippen LogP contribution in [-0.2, 0) is 22.5 Å². The molecule has 9 heteroatoms. The fraction of sp³-hybridized carbons (Fsp3) is 0.607. The molecule has 2 unspecified atom stereocenters. The van der Waals surface area contributed by atoms with Gasteiger partial charge in [-0.2, -0.15) is 5.10 Å². The quantitative estimate of drug-likeness (QED) is 0.253. The SMILES string of the molecule is O=C1c2cc(-c3ccc(CCI)cc3)nn2CC(Cl)(C(=O)NC2CCCCCCC2)N1CC1CCCO1. The number of carbonyl (C=O) groups is 2. The minimum atomic E-state index is -1.55. The summed E-state index contributed by atoms with van der Waals surface area (Å²) < 4.78 is 8.52. The molecular weight excluding hydrogens is 603 g/mol. The maximum absolute atomic E-state index is 13.8. The van der Waals surface area contributed by atoms with Crippen molar-refractivity contribution in [2.45, 2.75) is 87.9 Å². The highest BCUT2D eigenvalue weighted by Gasteiger charge is 2.51. The highest BCUT2D eigenvalue weighted by Crippen LogP contribution is 2.35. The summed E-state index contributed by atoms with van der Waals surface area (Å²) in [5.41, 5.74) is 3.38. The van der Waals surface area contributed by atoms with E-state index in [-0.39, 0.29) is 30.5 Å². The number of fused-ring (bicyclic) bond motifs is 1. The standard InChI is InChI=1S/C28H36ClIN4O3/c29-28(27(36)31-22-7-4-2-1-3-5-8-22)19-34-25(26(35)33(28)18-23-9-6-16-37-23)17-24(32-34)21-12-10-20(11-13-21)14-15-30/h10-13,17,22-23H,1-9,14-16,18-19H2,(H,31,36). The van der Waals surface area contributed by atoms with Crippen molar-refractivity contribution in [1.29, 1.82) is 0 Å². The van der Waals surface area contributed by atoms with Crippen molar-refractivity contribution >= 4 is 46.0 Å². The number of aromatic nitrogens is 2. The molecule has 3 heterocycles. The van der Waals surface area contributed by atoms with Gasteiger partial charge in [-0.25, -0.2) is 0 Å². The molecule has 2 aromatic rings. The molecule has 2 fully saturated rings. The monoisotopic (exact) mass is 638 g/mol. The first-order valence-corrected chi connectivity index (χ1v) is 15.5. The second-order valence-corrected chi connectivity index (χ2v) is 12.2. The highest BCUT2D eigenvalue weighted by atomic mass is 127. The molecule has 37 heavy (non-hydrogen) atoms. The number of hydrogen-bond acceptors (Lipinski definition) is 4. The van der Waals surface area contributed by atoms with Gasteiger partial charge in [0.15, 0.2) is 0 Å². The predicted molar refractivity (Wildman–Crippen MR) is 153 cm³/mol. The van der Waals surface area contributed by atoms with Gasteiger partial charge in [-0.15, -0.1) is 0 Å². The summed E-state index contributed by atoms with van der Waals surface area (Å²) in [5, 5.41) is 7.95.